The average molecular weight is 356 g/mol. The average Bonchev–Trinajstić information content (AvgIpc) is 3.26. The van der Waals surface area contributed by atoms with Crippen molar-refractivity contribution in [1.82, 2.24) is 10.2 Å². The second kappa shape index (κ2) is 7.33. The van der Waals surface area contributed by atoms with Crippen LogP contribution in [0.2, 0.25) is 0 Å². The van der Waals surface area contributed by atoms with Gasteiger partial charge in [0.15, 0.2) is 0 Å². The third kappa shape index (κ3) is 3.51. The van der Waals surface area contributed by atoms with Gasteiger partial charge in [-0.1, -0.05) is 30.3 Å². The van der Waals surface area contributed by atoms with E-state index in [1.165, 1.54) is 12.1 Å². The highest BCUT2D eigenvalue weighted by molar-refractivity contribution is 5.69. The summed E-state index contributed by atoms with van der Waals surface area (Å²) in [5.74, 6) is 0.301. The monoisotopic (exact) mass is 356 g/mol. The normalized spacial score (nSPS) is 24.3. The molecule has 0 saturated carbocycles. The minimum Gasteiger partial charge on any atom is -0.487 e. The van der Waals surface area contributed by atoms with Crippen LogP contribution in [0.25, 0.3) is 0 Å². The molecule has 2 aliphatic heterocycles. The molecule has 136 valence electrons. The molecule has 2 aromatic rings. The van der Waals surface area contributed by atoms with E-state index in [1.54, 1.807) is 17.0 Å². The zero-order valence-electron chi connectivity index (χ0n) is 14.3. The molecule has 0 aromatic heterocycles. The molecule has 0 radical (unpaired) electrons. The number of hydrogen-bond acceptors (Lipinski definition) is 4. The lowest BCUT2D eigenvalue weighted by molar-refractivity contribution is 0.0889. The van der Waals surface area contributed by atoms with Crippen molar-refractivity contribution >= 4 is 6.09 Å². The Hall–Kier alpha value is -2.60. The van der Waals surface area contributed by atoms with Gasteiger partial charge in [0.2, 0.25) is 0 Å². The SMILES string of the molecule is O=C(OCc1ccccc1)N1CC(Oc2ccc(F)cc2)C2NCCC21. The number of ether oxygens (including phenoxy) is 2. The second-order valence-electron chi connectivity index (χ2n) is 6.64. The summed E-state index contributed by atoms with van der Waals surface area (Å²) in [5.41, 5.74) is 0.959. The predicted octanol–water partition coefficient (Wildman–Crippen LogP) is 2.96. The fourth-order valence-corrected chi connectivity index (χ4v) is 3.70. The third-order valence-electron chi connectivity index (χ3n) is 4.95. The van der Waals surface area contributed by atoms with E-state index in [0.717, 1.165) is 18.5 Å². The van der Waals surface area contributed by atoms with Crippen LogP contribution >= 0.6 is 0 Å². The van der Waals surface area contributed by atoms with Crippen molar-refractivity contribution in [3.05, 3.63) is 66.0 Å². The Morgan fingerprint density at radius 2 is 1.92 bits per heavy atom. The van der Waals surface area contributed by atoms with Gasteiger partial charge in [-0.05, 0) is 42.8 Å². The number of nitrogens with zero attached hydrogens (tertiary/aromatic N) is 1. The highest BCUT2D eigenvalue weighted by Gasteiger charge is 2.48. The van der Waals surface area contributed by atoms with Crippen molar-refractivity contribution in [1.29, 1.82) is 0 Å². The quantitative estimate of drug-likeness (QED) is 0.915. The molecule has 2 heterocycles. The molecule has 1 amide bonds. The summed E-state index contributed by atoms with van der Waals surface area (Å²) in [6.07, 6.45) is 0.365. The largest absolute Gasteiger partial charge is 0.487 e. The first-order valence-electron chi connectivity index (χ1n) is 8.83. The maximum absolute atomic E-state index is 13.1. The van der Waals surface area contributed by atoms with Gasteiger partial charge in [0.05, 0.1) is 18.6 Å². The molecule has 0 bridgehead atoms. The Kier molecular flexibility index (Phi) is 4.75. The molecule has 2 aliphatic rings. The van der Waals surface area contributed by atoms with Gasteiger partial charge in [0, 0.05) is 0 Å². The smallest absolute Gasteiger partial charge is 0.410 e. The van der Waals surface area contributed by atoms with Gasteiger partial charge >= 0.3 is 6.09 Å². The number of halogens is 1. The van der Waals surface area contributed by atoms with E-state index in [9.17, 15) is 9.18 Å². The van der Waals surface area contributed by atoms with Crippen LogP contribution in [0.5, 0.6) is 5.75 Å². The minimum absolute atomic E-state index is 0.0590. The molecule has 6 heteroatoms. The van der Waals surface area contributed by atoms with Crippen LogP contribution < -0.4 is 10.1 Å². The minimum atomic E-state index is -0.322. The lowest BCUT2D eigenvalue weighted by atomic mass is 10.1. The Morgan fingerprint density at radius 1 is 1.15 bits per heavy atom. The van der Waals surface area contributed by atoms with Gasteiger partial charge < -0.3 is 14.8 Å². The first-order chi connectivity index (χ1) is 12.7. The molecule has 2 aromatic carbocycles. The Labute approximate surface area is 151 Å². The summed E-state index contributed by atoms with van der Waals surface area (Å²) in [6, 6.07) is 15.7. The number of amides is 1. The summed E-state index contributed by atoms with van der Waals surface area (Å²) < 4.78 is 24.6. The van der Waals surface area contributed by atoms with E-state index >= 15 is 0 Å². The zero-order chi connectivity index (χ0) is 17.9. The maximum Gasteiger partial charge on any atom is 0.410 e. The molecule has 3 atom stereocenters. The molecule has 0 aliphatic carbocycles. The first-order valence-corrected chi connectivity index (χ1v) is 8.83. The summed E-state index contributed by atoms with van der Waals surface area (Å²) in [7, 11) is 0. The van der Waals surface area contributed by atoms with Crippen molar-refractivity contribution in [3.8, 4) is 5.75 Å². The van der Waals surface area contributed by atoms with Gasteiger partial charge in [0.1, 0.15) is 24.3 Å². The summed E-state index contributed by atoms with van der Waals surface area (Å²) in [5, 5.41) is 3.41. The topological polar surface area (TPSA) is 50.8 Å². The lowest BCUT2D eigenvalue weighted by Gasteiger charge is -2.21. The van der Waals surface area contributed by atoms with Crippen LogP contribution in [0.15, 0.2) is 54.6 Å². The molecule has 2 fully saturated rings. The Morgan fingerprint density at radius 3 is 2.69 bits per heavy atom. The van der Waals surface area contributed by atoms with Crippen LogP contribution in [0.3, 0.4) is 0 Å². The van der Waals surface area contributed by atoms with E-state index < -0.39 is 0 Å². The fourth-order valence-electron chi connectivity index (χ4n) is 3.70. The van der Waals surface area contributed by atoms with Crippen LogP contribution in [-0.4, -0.2) is 42.3 Å². The van der Waals surface area contributed by atoms with E-state index in [4.69, 9.17) is 9.47 Å². The van der Waals surface area contributed by atoms with Crippen molar-refractivity contribution in [3.63, 3.8) is 0 Å². The number of fused-ring (bicyclic) bond motifs is 1. The maximum atomic E-state index is 13.1. The molecule has 1 N–H and O–H groups in total. The molecule has 2 saturated heterocycles. The van der Waals surface area contributed by atoms with Crippen LogP contribution in [0, 0.1) is 5.82 Å². The molecule has 26 heavy (non-hydrogen) atoms. The zero-order valence-corrected chi connectivity index (χ0v) is 14.3. The number of benzene rings is 2. The molecule has 0 spiro atoms. The molecule has 3 unspecified atom stereocenters. The van der Waals surface area contributed by atoms with Gasteiger partial charge in [-0.2, -0.15) is 0 Å². The summed E-state index contributed by atoms with van der Waals surface area (Å²) in [6.45, 7) is 1.54. The van der Waals surface area contributed by atoms with E-state index in [1.807, 2.05) is 30.3 Å². The number of hydrogen-bond donors (Lipinski definition) is 1. The Balaban J connectivity index is 1.40. The van der Waals surface area contributed by atoms with Crippen molar-refractivity contribution in [2.24, 2.45) is 0 Å². The van der Waals surface area contributed by atoms with Crippen LogP contribution in [0.4, 0.5) is 9.18 Å². The number of rotatable bonds is 4. The van der Waals surface area contributed by atoms with Crippen molar-refractivity contribution in [2.75, 3.05) is 13.1 Å². The molecular weight excluding hydrogens is 335 g/mol. The highest BCUT2D eigenvalue weighted by atomic mass is 19.1. The fraction of sp³-hybridized carbons (Fsp3) is 0.350. The number of carbonyl (C=O) groups is 1. The van der Waals surface area contributed by atoms with Gasteiger partial charge in [-0.15, -0.1) is 0 Å². The molecular formula is C20H21FN2O3. The van der Waals surface area contributed by atoms with E-state index in [0.29, 0.717) is 12.3 Å². The standard InChI is InChI=1S/C20H21FN2O3/c21-15-6-8-16(9-7-15)26-18-12-23(17-10-11-22-19(17)18)20(24)25-13-14-4-2-1-3-5-14/h1-9,17-19,22H,10-13H2. The van der Waals surface area contributed by atoms with E-state index in [-0.39, 0.29) is 36.7 Å². The van der Waals surface area contributed by atoms with Crippen molar-refractivity contribution < 1.29 is 18.7 Å². The molecule has 4 rings (SSSR count). The van der Waals surface area contributed by atoms with Gasteiger partial charge in [-0.3, -0.25) is 4.90 Å². The number of likely N-dealkylation sites (tertiary alicyclic amines) is 1. The first kappa shape index (κ1) is 16.8. The highest BCUT2D eigenvalue weighted by Crippen LogP contribution is 2.29. The van der Waals surface area contributed by atoms with Crippen LogP contribution in [-0.2, 0) is 11.3 Å². The number of carbonyl (C=O) groups excluding carboxylic acids is 1. The van der Waals surface area contributed by atoms with Crippen molar-refractivity contribution in [2.45, 2.75) is 31.2 Å². The van der Waals surface area contributed by atoms with E-state index in [2.05, 4.69) is 5.32 Å². The van der Waals surface area contributed by atoms with Gasteiger partial charge in [-0.25, -0.2) is 9.18 Å². The van der Waals surface area contributed by atoms with Crippen LogP contribution in [0.1, 0.15) is 12.0 Å². The summed E-state index contributed by atoms with van der Waals surface area (Å²) >= 11 is 0. The predicted molar refractivity (Wildman–Crippen MR) is 94.3 cm³/mol. The lowest BCUT2D eigenvalue weighted by Crippen LogP contribution is -2.41. The Bertz CT molecular complexity index is 753. The van der Waals surface area contributed by atoms with Gasteiger partial charge in [0.25, 0.3) is 0 Å². The molecule has 5 nitrogen and oxygen atoms in total. The summed E-state index contributed by atoms with van der Waals surface area (Å²) in [4.78, 5) is 14.3. The third-order valence-corrected chi connectivity index (χ3v) is 4.95. The number of nitrogens with one attached hydrogen (secondary N) is 1. The second-order valence-corrected chi connectivity index (χ2v) is 6.64.